The van der Waals surface area contributed by atoms with E-state index < -0.39 is 29.4 Å². The third kappa shape index (κ3) is 5.91. The minimum Gasteiger partial charge on any atom is -0.497 e. The average molecular weight is 381 g/mol. The summed E-state index contributed by atoms with van der Waals surface area (Å²) >= 11 is 0. The molecular formula is C18H18F3N3O3. The van der Waals surface area contributed by atoms with Crippen LogP contribution >= 0.6 is 0 Å². The zero-order valence-electron chi connectivity index (χ0n) is 14.6. The lowest BCUT2D eigenvalue weighted by atomic mass is 10.1. The van der Waals surface area contributed by atoms with Gasteiger partial charge in [-0.05, 0) is 35.9 Å². The van der Waals surface area contributed by atoms with Gasteiger partial charge < -0.3 is 20.7 Å². The number of anilines is 2. The van der Waals surface area contributed by atoms with Gasteiger partial charge in [0.05, 0.1) is 18.4 Å². The van der Waals surface area contributed by atoms with Gasteiger partial charge in [0.1, 0.15) is 5.75 Å². The molecule has 0 heterocycles. The Kier molecular flexibility index (Phi) is 6.27. The Bertz CT molecular complexity index is 821. The first-order valence-corrected chi connectivity index (χ1v) is 7.85. The van der Waals surface area contributed by atoms with Crippen molar-refractivity contribution >= 4 is 23.3 Å². The predicted molar refractivity (Wildman–Crippen MR) is 94.6 cm³/mol. The molecular weight excluding hydrogens is 363 g/mol. The maximum Gasteiger partial charge on any atom is 0.418 e. The summed E-state index contributed by atoms with van der Waals surface area (Å²) in [5.74, 6) is 0.151. The fourth-order valence-electron chi connectivity index (χ4n) is 2.26. The maximum absolute atomic E-state index is 13.2. The first-order chi connectivity index (χ1) is 12.7. The quantitative estimate of drug-likeness (QED) is 0.733. The van der Waals surface area contributed by atoms with E-state index in [0.717, 1.165) is 17.7 Å². The van der Waals surface area contributed by atoms with E-state index in [1.807, 2.05) is 0 Å². The van der Waals surface area contributed by atoms with Crippen LogP contribution in [0.15, 0.2) is 42.5 Å². The van der Waals surface area contributed by atoms with E-state index >= 15 is 0 Å². The molecule has 0 unspecified atom stereocenters. The molecule has 0 fully saturated rings. The maximum atomic E-state index is 13.2. The van der Waals surface area contributed by atoms with Crippen molar-refractivity contribution in [3.05, 3.63) is 53.6 Å². The van der Waals surface area contributed by atoms with Crippen LogP contribution in [0.1, 0.15) is 18.1 Å². The molecule has 0 aliphatic heterocycles. The molecule has 2 rings (SSSR count). The van der Waals surface area contributed by atoms with E-state index in [1.165, 1.54) is 20.1 Å². The van der Waals surface area contributed by atoms with Crippen molar-refractivity contribution in [2.75, 3.05) is 17.7 Å². The summed E-state index contributed by atoms with van der Waals surface area (Å²) in [4.78, 5) is 23.0. The highest BCUT2D eigenvalue weighted by molar-refractivity contribution is 5.92. The molecule has 0 aromatic heterocycles. The largest absolute Gasteiger partial charge is 0.497 e. The molecule has 0 saturated heterocycles. The van der Waals surface area contributed by atoms with Crippen LogP contribution in [0.5, 0.6) is 5.75 Å². The smallest absolute Gasteiger partial charge is 0.418 e. The molecule has 0 aliphatic carbocycles. The van der Waals surface area contributed by atoms with Crippen molar-refractivity contribution in [2.45, 2.75) is 19.6 Å². The molecule has 6 nitrogen and oxygen atoms in total. The Hall–Kier alpha value is -3.23. The normalized spacial score (nSPS) is 10.9. The van der Waals surface area contributed by atoms with E-state index in [2.05, 4.69) is 16.0 Å². The van der Waals surface area contributed by atoms with Crippen LogP contribution in [-0.4, -0.2) is 19.0 Å². The molecule has 0 aliphatic rings. The molecule has 0 radical (unpaired) electrons. The lowest BCUT2D eigenvalue weighted by Crippen LogP contribution is -2.29. The van der Waals surface area contributed by atoms with Crippen molar-refractivity contribution < 1.29 is 27.5 Å². The number of carbonyl (C=O) groups is 2. The number of methoxy groups -OCH3 is 1. The number of ether oxygens (including phenoxy) is 1. The van der Waals surface area contributed by atoms with Crippen LogP contribution in [0.2, 0.25) is 0 Å². The molecule has 0 bridgehead atoms. The van der Waals surface area contributed by atoms with Gasteiger partial charge in [0.15, 0.2) is 0 Å². The fourth-order valence-corrected chi connectivity index (χ4v) is 2.26. The van der Waals surface area contributed by atoms with Gasteiger partial charge in [-0.3, -0.25) is 4.79 Å². The molecule has 9 heteroatoms. The zero-order valence-corrected chi connectivity index (χ0v) is 14.6. The Morgan fingerprint density at radius 3 is 2.26 bits per heavy atom. The Morgan fingerprint density at radius 2 is 1.70 bits per heavy atom. The third-order valence-electron chi connectivity index (χ3n) is 3.51. The summed E-state index contributed by atoms with van der Waals surface area (Å²) in [5.41, 5.74) is -0.737. The number of rotatable bonds is 5. The molecule has 2 aromatic rings. The van der Waals surface area contributed by atoms with Gasteiger partial charge in [0, 0.05) is 19.2 Å². The van der Waals surface area contributed by atoms with Crippen LogP contribution in [0.25, 0.3) is 0 Å². The first kappa shape index (κ1) is 20.1. The van der Waals surface area contributed by atoms with Gasteiger partial charge in [-0.25, -0.2) is 4.79 Å². The van der Waals surface area contributed by atoms with E-state index in [4.69, 9.17) is 4.74 Å². The zero-order chi connectivity index (χ0) is 20.0. The number of alkyl halides is 3. The summed E-state index contributed by atoms with van der Waals surface area (Å²) in [6.07, 6.45) is -4.70. The van der Waals surface area contributed by atoms with E-state index in [-0.39, 0.29) is 12.2 Å². The van der Waals surface area contributed by atoms with Crippen LogP contribution < -0.4 is 20.7 Å². The van der Waals surface area contributed by atoms with E-state index in [9.17, 15) is 22.8 Å². The van der Waals surface area contributed by atoms with Crippen molar-refractivity contribution in [3.63, 3.8) is 0 Å². The third-order valence-corrected chi connectivity index (χ3v) is 3.51. The van der Waals surface area contributed by atoms with E-state index in [1.54, 1.807) is 24.3 Å². The molecule has 144 valence electrons. The number of benzene rings is 2. The van der Waals surface area contributed by atoms with Crippen molar-refractivity contribution in [2.24, 2.45) is 0 Å². The standard InChI is InChI=1S/C18H18F3N3O3/c1-11(25)23-13-5-8-16(15(9-13)18(19,20)21)24-17(26)22-10-12-3-6-14(27-2)7-4-12/h3-9H,10H2,1-2H3,(H,23,25)(H2,22,24,26). The van der Waals surface area contributed by atoms with Crippen LogP contribution in [-0.2, 0) is 17.5 Å². The number of amides is 3. The molecule has 0 spiro atoms. The molecule has 0 saturated carbocycles. The van der Waals surface area contributed by atoms with Gasteiger partial charge in [0.2, 0.25) is 5.91 Å². The summed E-state index contributed by atoms with van der Waals surface area (Å²) in [5, 5.41) is 6.94. The number of urea groups is 1. The first-order valence-electron chi connectivity index (χ1n) is 7.85. The SMILES string of the molecule is COc1ccc(CNC(=O)Nc2ccc(NC(C)=O)cc2C(F)(F)F)cc1. The minimum atomic E-state index is -4.70. The lowest BCUT2D eigenvalue weighted by Gasteiger charge is -2.16. The van der Waals surface area contributed by atoms with Gasteiger partial charge in [-0.1, -0.05) is 12.1 Å². The summed E-state index contributed by atoms with van der Waals surface area (Å²) < 4.78 is 44.7. The molecule has 3 amide bonds. The molecule has 0 atom stereocenters. The number of hydrogen-bond donors (Lipinski definition) is 3. The van der Waals surface area contributed by atoms with Crippen LogP contribution in [0, 0.1) is 0 Å². The summed E-state index contributed by atoms with van der Waals surface area (Å²) in [7, 11) is 1.52. The van der Waals surface area contributed by atoms with E-state index in [0.29, 0.717) is 5.75 Å². The number of nitrogens with one attached hydrogen (secondary N) is 3. The number of carbonyl (C=O) groups excluding carboxylic acids is 2. The highest BCUT2D eigenvalue weighted by Gasteiger charge is 2.34. The van der Waals surface area contributed by atoms with Gasteiger partial charge >= 0.3 is 12.2 Å². The number of halogens is 3. The van der Waals surface area contributed by atoms with Crippen LogP contribution in [0.4, 0.5) is 29.3 Å². The van der Waals surface area contributed by atoms with Gasteiger partial charge in [0.25, 0.3) is 0 Å². The van der Waals surface area contributed by atoms with Crippen LogP contribution in [0.3, 0.4) is 0 Å². The fraction of sp³-hybridized carbons (Fsp3) is 0.222. The minimum absolute atomic E-state index is 0.0148. The second-order valence-electron chi connectivity index (χ2n) is 5.60. The highest BCUT2D eigenvalue weighted by atomic mass is 19.4. The van der Waals surface area contributed by atoms with Crippen molar-refractivity contribution in [1.82, 2.24) is 5.32 Å². The molecule has 2 aromatic carbocycles. The van der Waals surface area contributed by atoms with Crippen molar-refractivity contribution in [1.29, 1.82) is 0 Å². The molecule has 27 heavy (non-hydrogen) atoms. The second-order valence-corrected chi connectivity index (χ2v) is 5.60. The monoisotopic (exact) mass is 381 g/mol. The summed E-state index contributed by atoms with van der Waals surface area (Å²) in [6, 6.07) is 9.19. The highest BCUT2D eigenvalue weighted by Crippen LogP contribution is 2.36. The topological polar surface area (TPSA) is 79.5 Å². The Balaban J connectivity index is 2.07. The predicted octanol–water partition coefficient (Wildman–Crippen LogP) is 3.99. The summed E-state index contributed by atoms with van der Waals surface area (Å²) in [6.45, 7) is 1.31. The Morgan fingerprint density at radius 1 is 1.04 bits per heavy atom. The van der Waals surface area contributed by atoms with Gasteiger partial charge in [-0.15, -0.1) is 0 Å². The number of hydrogen-bond acceptors (Lipinski definition) is 3. The average Bonchev–Trinajstić information content (AvgIpc) is 2.60. The van der Waals surface area contributed by atoms with Crippen molar-refractivity contribution in [3.8, 4) is 5.75 Å². The Labute approximate surface area is 153 Å². The lowest BCUT2D eigenvalue weighted by molar-refractivity contribution is -0.137. The molecule has 3 N–H and O–H groups in total. The second kappa shape index (κ2) is 8.43. The van der Waals surface area contributed by atoms with Gasteiger partial charge in [-0.2, -0.15) is 13.2 Å².